The maximum atomic E-state index is 14.0. The van der Waals surface area contributed by atoms with Crippen molar-refractivity contribution in [3.05, 3.63) is 71.8 Å². The molecule has 0 saturated carbocycles. The predicted octanol–water partition coefficient (Wildman–Crippen LogP) is 6.04. The van der Waals surface area contributed by atoms with Gasteiger partial charge >= 0.3 is 7.60 Å². The molecule has 0 saturated heterocycles. The van der Waals surface area contributed by atoms with Gasteiger partial charge < -0.3 is 18.1 Å². The summed E-state index contributed by atoms with van der Waals surface area (Å²) in [5.41, 5.74) is 2.05. The van der Waals surface area contributed by atoms with Crippen LogP contribution in [0.4, 0.5) is 0 Å². The molecule has 28 heavy (non-hydrogen) atoms. The fourth-order valence-electron chi connectivity index (χ4n) is 3.26. The molecule has 7 heteroatoms. The van der Waals surface area contributed by atoms with Crippen molar-refractivity contribution in [2.75, 3.05) is 27.4 Å². The van der Waals surface area contributed by atoms with Gasteiger partial charge in [-0.15, -0.1) is 0 Å². The molecule has 2 aromatic rings. The highest BCUT2D eigenvalue weighted by Gasteiger charge is 2.58. The number of rotatable bonds is 12. The van der Waals surface area contributed by atoms with Crippen LogP contribution in [0.15, 0.2) is 60.7 Å². The standard InChI is InChI=1S/C21H30O5P2/c1-5-25-27(26-6-2)21(28(22,23-3)24-4,17-19-13-9-7-10-14-19)18-20-15-11-8-12-16-20/h7-16H,5-6,17-18H2,1-4H3. The van der Waals surface area contributed by atoms with Gasteiger partial charge in [0.05, 0.1) is 13.2 Å². The summed E-state index contributed by atoms with van der Waals surface area (Å²) in [6.07, 6.45) is 0.904. The van der Waals surface area contributed by atoms with E-state index < -0.39 is 20.9 Å². The summed E-state index contributed by atoms with van der Waals surface area (Å²) in [7, 11) is -2.30. The predicted molar refractivity (Wildman–Crippen MR) is 115 cm³/mol. The lowest BCUT2D eigenvalue weighted by molar-refractivity contribution is 0.227. The highest BCUT2D eigenvalue weighted by atomic mass is 31.2. The van der Waals surface area contributed by atoms with Crippen LogP contribution >= 0.6 is 16.0 Å². The molecule has 0 aliphatic heterocycles. The van der Waals surface area contributed by atoms with Crippen molar-refractivity contribution in [1.82, 2.24) is 0 Å². The molecule has 0 atom stereocenters. The SMILES string of the molecule is CCOP(OCC)C(Cc1ccccc1)(Cc1ccccc1)P(=O)(OC)OC. The van der Waals surface area contributed by atoms with Gasteiger partial charge in [-0.25, -0.2) is 0 Å². The summed E-state index contributed by atoms with van der Waals surface area (Å²) >= 11 is 0. The number of hydrogen-bond donors (Lipinski definition) is 0. The van der Waals surface area contributed by atoms with Crippen molar-refractivity contribution < 1.29 is 22.7 Å². The zero-order valence-electron chi connectivity index (χ0n) is 17.0. The summed E-state index contributed by atoms with van der Waals surface area (Å²) in [6.45, 7) is 4.72. The Hall–Kier alpha value is -1.06. The lowest BCUT2D eigenvalue weighted by Crippen LogP contribution is -2.35. The van der Waals surface area contributed by atoms with E-state index in [0.29, 0.717) is 26.1 Å². The summed E-state index contributed by atoms with van der Waals surface area (Å²) in [5.74, 6) is 0. The molecule has 0 fully saturated rings. The first-order valence-corrected chi connectivity index (χ1v) is 12.1. The lowest BCUT2D eigenvalue weighted by atomic mass is 10.0. The third kappa shape index (κ3) is 5.30. The molecule has 0 spiro atoms. The Kier molecular flexibility index (Phi) is 9.30. The molecule has 2 aromatic carbocycles. The molecule has 0 amide bonds. The zero-order valence-corrected chi connectivity index (χ0v) is 18.8. The molecule has 0 aliphatic carbocycles. The van der Waals surface area contributed by atoms with Crippen LogP contribution in [0.5, 0.6) is 0 Å². The fourth-order valence-corrected chi connectivity index (χ4v) is 8.12. The van der Waals surface area contributed by atoms with Gasteiger partial charge in [0.1, 0.15) is 4.90 Å². The Morgan fingerprint density at radius 1 is 0.786 bits per heavy atom. The minimum atomic E-state index is -3.59. The summed E-state index contributed by atoms with van der Waals surface area (Å²) in [4.78, 5) is -0.986. The van der Waals surface area contributed by atoms with Crippen LogP contribution in [0.3, 0.4) is 0 Å². The Morgan fingerprint density at radius 3 is 1.50 bits per heavy atom. The largest absolute Gasteiger partial charge is 0.345 e. The fraction of sp³-hybridized carbons (Fsp3) is 0.429. The topological polar surface area (TPSA) is 54.0 Å². The Bertz CT molecular complexity index is 683. The Balaban J connectivity index is 2.66. The van der Waals surface area contributed by atoms with E-state index in [2.05, 4.69) is 0 Å². The third-order valence-electron chi connectivity index (χ3n) is 4.48. The van der Waals surface area contributed by atoms with Crippen molar-refractivity contribution in [3.63, 3.8) is 0 Å². The normalized spacial score (nSPS) is 12.5. The molecule has 0 aromatic heterocycles. The van der Waals surface area contributed by atoms with Crippen LogP contribution in [0.2, 0.25) is 0 Å². The van der Waals surface area contributed by atoms with Crippen LogP contribution in [-0.2, 0) is 35.5 Å². The van der Waals surface area contributed by atoms with Gasteiger partial charge in [0.2, 0.25) is 0 Å². The average Bonchev–Trinajstić information content (AvgIpc) is 2.74. The molecule has 0 N–H and O–H groups in total. The van der Waals surface area contributed by atoms with Crippen molar-refractivity contribution in [3.8, 4) is 0 Å². The van der Waals surface area contributed by atoms with Crippen LogP contribution in [0.1, 0.15) is 25.0 Å². The second kappa shape index (κ2) is 11.2. The zero-order chi connectivity index (χ0) is 20.5. The number of hydrogen-bond acceptors (Lipinski definition) is 5. The monoisotopic (exact) mass is 424 g/mol. The Labute approximate surface area is 169 Å². The van der Waals surface area contributed by atoms with E-state index in [1.807, 2.05) is 74.5 Å². The van der Waals surface area contributed by atoms with E-state index in [1.165, 1.54) is 14.2 Å². The molecule has 0 aliphatic rings. The van der Waals surface area contributed by atoms with Gasteiger partial charge in [-0.3, -0.25) is 4.57 Å². The van der Waals surface area contributed by atoms with Crippen molar-refractivity contribution in [2.24, 2.45) is 0 Å². The molecule has 5 nitrogen and oxygen atoms in total. The first-order valence-electron chi connectivity index (χ1n) is 9.40. The molecular formula is C21H30O5P2. The quantitative estimate of drug-likeness (QED) is 0.389. The second-order valence-corrected chi connectivity index (χ2v) is 11.1. The Morgan fingerprint density at radius 2 is 1.18 bits per heavy atom. The third-order valence-corrected chi connectivity index (χ3v) is 9.99. The van der Waals surface area contributed by atoms with Crippen LogP contribution in [0, 0.1) is 0 Å². The second-order valence-electron chi connectivity index (χ2n) is 6.26. The summed E-state index contributed by atoms with van der Waals surface area (Å²) in [5, 5.41) is 0. The van der Waals surface area contributed by atoms with Crippen molar-refractivity contribution in [1.29, 1.82) is 0 Å². The lowest BCUT2D eigenvalue weighted by Gasteiger charge is -2.42. The molecule has 2 rings (SSSR count). The minimum absolute atomic E-state index is 0.449. The number of benzene rings is 2. The van der Waals surface area contributed by atoms with E-state index in [1.54, 1.807) is 0 Å². The van der Waals surface area contributed by atoms with Crippen LogP contribution in [0.25, 0.3) is 0 Å². The van der Waals surface area contributed by atoms with Gasteiger partial charge in [0.25, 0.3) is 0 Å². The molecule has 154 valence electrons. The molecule has 0 heterocycles. The van der Waals surface area contributed by atoms with Crippen molar-refractivity contribution in [2.45, 2.75) is 31.6 Å². The average molecular weight is 424 g/mol. The molecule has 0 bridgehead atoms. The van der Waals surface area contributed by atoms with Crippen LogP contribution < -0.4 is 0 Å². The van der Waals surface area contributed by atoms with E-state index in [0.717, 1.165) is 11.1 Å². The minimum Gasteiger partial charge on any atom is -0.334 e. The van der Waals surface area contributed by atoms with E-state index >= 15 is 0 Å². The van der Waals surface area contributed by atoms with Gasteiger partial charge in [0.15, 0.2) is 8.38 Å². The van der Waals surface area contributed by atoms with Crippen LogP contribution in [-0.4, -0.2) is 32.3 Å². The molecular weight excluding hydrogens is 394 g/mol. The first kappa shape index (κ1) is 23.2. The van der Waals surface area contributed by atoms with Gasteiger partial charge in [-0.1, -0.05) is 60.7 Å². The smallest absolute Gasteiger partial charge is 0.334 e. The maximum Gasteiger partial charge on any atom is 0.345 e. The van der Waals surface area contributed by atoms with Crippen molar-refractivity contribution >= 4 is 16.0 Å². The maximum absolute atomic E-state index is 14.0. The first-order chi connectivity index (χ1) is 13.5. The van der Waals surface area contributed by atoms with Gasteiger partial charge in [-0.05, 0) is 37.8 Å². The van der Waals surface area contributed by atoms with Gasteiger partial charge in [0, 0.05) is 14.2 Å². The molecule has 0 radical (unpaired) electrons. The van der Waals surface area contributed by atoms with E-state index in [4.69, 9.17) is 18.1 Å². The van der Waals surface area contributed by atoms with Gasteiger partial charge in [-0.2, -0.15) is 0 Å². The summed E-state index contributed by atoms with van der Waals surface area (Å²) < 4.78 is 37.2. The highest BCUT2D eigenvalue weighted by molar-refractivity contribution is 7.71. The van der Waals surface area contributed by atoms with E-state index in [9.17, 15) is 4.57 Å². The highest BCUT2D eigenvalue weighted by Crippen LogP contribution is 2.75. The van der Waals surface area contributed by atoms with E-state index in [-0.39, 0.29) is 0 Å². The molecule has 0 unspecified atom stereocenters. The summed E-state index contributed by atoms with van der Waals surface area (Å²) in [6, 6.07) is 19.9.